The fraction of sp³-hybridized carbons (Fsp3) is 0.0968. The van der Waals surface area contributed by atoms with E-state index in [4.69, 9.17) is 4.42 Å². The van der Waals surface area contributed by atoms with Crippen molar-refractivity contribution in [3.05, 3.63) is 240 Å². The molecule has 0 radical (unpaired) electrons. The minimum absolute atomic E-state index is 0.118. The zero-order chi connectivity index (χ0) is 46.1. The van der Waals surface area contributed by atoms with E-state index in [0.717, 1.165) is 78.5 Å². The molecule has 1 aromatic heterocycles. The van der Waals surface area contributed by atoms with Crippen LogP contribution >= 0.6 is 0 Å². The molecule has 0 amide bonds. The van der Waals surface area contributed by atoms with Gasteiger partial charge in [-0.05, 0) is 115 Å². The maximum Gasteiger partial charge on any atom is 0.420 e. The lowest BCUT2D eigenvalue weighted by Crippen LogP contribution is -2.36. The van der Waals surface area contributed by atoms with Crippen LogP contribution in [-0.4, -0.2) is 0 Å². The SMILES string of the molecule is CC(C)(C)c1ccc(N(c2cc3c(c4ccccc24)-c2c(ccc4ccccc24)C32c3ccccc3N(c3ccccc3)c3ccccc32)c2cccc3c2oc2c(C(F)(F)F)cccc23)cc1. The lowest BCUT2D eigenvalue weighted by Gasteiger charge is -2.45. The Labute approximate surface area is 391 Å². The van der Waals surface area contributed by atoms with Gasteiger partial charge >= 0.3 is 6.18 Å². The Morgan fingerprint density at radius 1 is 0.456 bits per heavy atom. The Morgan fingerprint density at radius 3 is 1.72 bits per heavy atom. The molecule has 1 aliphatic heterocycles. The largest absolute Gasteiger partial charge is 0.453 e. The minimum Gasteiger partial charge on any atom is -0.453 e. The third kappa shape index (κ3) is 5.61. The van der Waals surface area contributed by atoms with Crippen LogP contribution in [0.4, 0.5) is 47.3 Å². The molecule has 10 aromatic carbocycles. The van der Waals surface area contributed by atoms with E-state index in [1.54, 1.807) is 6.07 Å². The second-order valence-corrected chi connectivity index (χ2v) is 19.1. The molecule has 0 saturated carbocycles. The van der Waals surface area contributed by atoms with Gasteiger partial charge < -0.3 is 14.2 Å². The van der Waals surface area contributed by atoms with E-state index in [0.29, 0.717) is 22.0 Å². The van der Waals surface area contributed by atoms with Crippen LogP contribution in [0.5, 0.6) is 0 Å². The van der Waals surface area contributed by atoms with E-state index in [2.05, 4.69) is 200 Å². The molecule has 328 valence electrons. The molecule has 2 heterocycles. The molecule has 13 rings (SSSR count). The quantitative estimate of drug-likeness (QED) is 0.176. The average molecular weight is 889 g/mol. The van der Waals surface area contributed by atoms with Crippen molar-refractivity contribution < 1.29 is 17.6 Å². The van der Waals surface area contributed by atoms with Crippen LogP contribution in [0.1, 0.15) is 54.2 Å². The molecule has 0 saturated heterocycles. The number of benzene rings is 10. The first-order chi connectivity index (χ1) is 33.0. The van der Waals surface area contributed by atoms with Crippen molar-refractivity contribution in [2.75, 3.05) is 9.80 Å². The summed E-state index contributed by atoms with van der Waals surface area (Å²) >= 11 is 0. The van der Waals surface area contributed by atoms with Crippen LogP contribution in [0.2, 0.25) is 0 Å². The van der Waals surface area contributed by atoms with Crippen molar-refractivity contribution in [3.8, 4) is 11.1 Å². The van der Waals surface area contributed by atoms with Gasteiger partial charge in [0, 0.05) is 27.5 Å². The third-order valence-electron chi connectivity index (χ3n) is 14.4. The molecule has 1 spiro atoms. The van der Waals surface area contributed by atoms with Crippen molar-refractivity contribution in [2.45, 2.75) is 37.8 Å². The minimum atomic E-state index is -4.61. The molecule has 11 aromatic rings. The van der Waals surface area contributed by atoms with Gasteiger partial charge in [-0.1, -0.05) is 172 Å². The number of hydrogen-bond donors (Lipinski definition) is 0. The molecule has 3 nitrogen and oxygen atoms in total. The van der Waals surface area contributed by atoms with E-state index in [1.165, 1.54) is 22.6 Å². The number of rotatable bonds is 4. The Balaban J connectivity index is 1.19. The summed E-state index contributed by atoms with van der Waals surface area (Å²) in [5, 5.41) is 5.41. The van der Waals surface area contributed by atoms with E-state index < -0.39 is 17.2 Å². The Hall–Kier alpha value is -8.09. The van der Waals surface area contributed by atoms with Gasteiger partial charge in [-0.3, -0.25) is 0 Å². The third-order valence-corrected chi connectivity index (χ3v) is 14.4. The topological polar surface area (TPSA) is 19.6 Å². The van der Waals surface area contributed by atoms with Gasteiger partial charge in [-0.15, -0.1) is 0 Å². The van der Waals surface area contributed by atoms with Crippen molar-refractivity contribution in [3.63, 3.8) is 0 Å². The number of para-hydroxylation sites is 5. The molecule has 6 heteroatoms. The van der Waals surface area contributed by atoms with Crippen LogP contribution in [0.15, 0.2) is 211 Å². The first-order valence-corrected chi connectivity index (χ1v) is 23.1. The van der Waals surface area contributed by atoms with E-state index in [1.807, 2.05) is 18.2 Å². The number of anilines is 6. The van der Waals surface area contributed by atoms with Gasteiger partial charge in [0.05, 0.1) is 33.7 Å². The first kappa shape index (κ1) is 40.2. The number of fused-ring (bicyclic) bond motifs is 16. The summed E-state index contributed by atoms with van der Waals surface area (Å²) in [6.07, 6.45) is -4.61. The second kappa shape index (κ2) is 14.5. The summed E-state index contributed by atoms with van der Waals surface area (Å²) in [5.41, 5.74) is 12.2. The van der Waals surface area contributed by atoms with Gasteiger partial charge in [0.15, 0.2) is 5.58 Å². The summed E-state index contributed by atoms with van der Waals surface area (Å²) in [6.45, 7) is 6.59. The number of nitrogens with zero attached hydrogens (tertiary/aromatic N) is 2. The van der Waals surface area contributed by atoms with Gasteiger partial charge in [0.25, 0.3) is 0 Å². The zero-order valence-corrected chi connectivity index (χ0v) is 37.6. The van der Waals surface area contributed by atoms with Gasteiger partial charge in [0.2, 0.25) is 0 Å². The predicted octanol–water partition coefficient (Wildman–Crippen LogP) is 17.8. The van der Waals surface area contributed by atoms with E-state index >= 15 is 0 Å². The maximum atomic E-state index is 14.7. The standard InChI is InChI=1S/C62H43F3N2O/c1-60(2,3)39-32-34-41(35-33-39)67(54-30-16-24-46-45-23-15-27-50(62(63,64)65)58(45)68-59(46)54)55-37-51-57(44-22-10-9-21-43(44)55)56-42-20-8-7-17-38(42)31-36-49(56)61(51)47-25-11-13-28-52(47)66(40-18-5-4-6-19-40)53-29-14-12-26-48(53)61/h4-37H,1-3H3. The molecule has 0 atom stereocenters. The fourth-order valence-electron chi connectivity index (χ4n) is 11.5. The van der Waals surface area contributed by atoms with Crippen LogP contribution < -0.4 is 9.80 Å². The lowest BCUT2D eigenvalue weighted by molar-refractivity contribution is -0.136. The number of alkyl halides is 3. The summed E-state index contributed by atoms with van der Waals surface area (Å²) in [4.78, 5) is 4.59. The highest BCUT2D eigenvalue weighted by Gasteiger charge is 2.53. The average Bonchev–Trinajstić information content (AvgIpc) is 3.89. The molecule has 68 heavy (non-hydrogen) atoms. The molecular weight excluding hydrogens is 846 g/mol. The van der Waals surface area contributed by atoms with Gasteiger partial charge in [-0.25, -0.2) is 0 Å². The number of furan rings is 1. The van der Waals surface area contributed by atoms with Crippen molar-refractivity contribution in [1.29, 1.82) is 0 Å². The highest BCUT2D eigenvalue weighted by atomic mass is 19.4. The molecule has 0 bridgehead atoms. The summed E-state index contributed by atoms with van der Waals surface area (Å²) in [6, 6.07) is 71.0. The Bertz CT molecular complexity index is 3800. The van der Waals surface area contributed by atoms with E-state index in [-0.39, 0.29) is 11.0 Å². The number of halogens is 3. The monoisotopic (exact) mass is 888 g/mol. The summed E-state index contributed by atoms with van der Waals surface area (Å²) in [7, 11) is 0. The van der Waals surface area contributed by atoms with Crippen LogP contribution in [-0.2, 0) is 17.0 Å². The zero-order valence-electron chi connectivity index (χ0n) is 37.6. The highest BCUT2D eigenvalue weighted by Crippen LogP contribution is 2.66. The number of hydrogen-bond acceptors (Lipinski definition) is 3. The second-order valence-electron chi connectivity index (χ2n) is 19.1. The summed E-state index contributed by atoms with van der Waals surface area (Å²) in [5.74, 6) is 0. The molecule has 0 fully saturated rings. The lowest BCUT2D eigenvalue weighted by atomic mass is 9.64. The van der Waals surface area contributed by atoms with Crippen molar-refractivity contribution in [2.24, 2.45) is 0 Å². The highest BCUT2D eigenvalue weighted by molar-refractivity contribution is 6.18. The smallest absolute Gasteiger partial charge is 0.420 e. The summed E-state index contributed by atoms with van der Waals surface area (Å²) < 4.78 is 50.7. The van der Waals surface area contributed by atoms with Gasteiger partial charge in [0.1, 0.15) is 5.58 Å². The molecule has 2 aliphatic rings. The molecule has 1 aliphatic carbocycles. The predicted molar refractivity (Wildman–Crippen MR) is 273 cm³/mol. The first-order valence-electron chi connectivity index (χ1n) is 23.1. The van der Waals surface area contributed by atoms with Crippen LogP contribution in [0, 0.1) is 0 Å². The van der Waals surface area contributed by atoms with Crippen LogP contribution in [0.3, 0.4) is 0 Å². The fourth-order valence-corrected chi connectivity index (χ4v) is 11.5. The Kier molecular flexibility index (Phi) is 8.55. The molecule has 0 N–H and O–H groups in total. The maximum absolute atomic E-state index is 14.7. The van der Waals surface area contributed by atoms with Crippen LogP contribution in [0.25, 0.3) is 54.6 Å². The van der Waals surface area contributed by atoms with Gasteiger partial charge in [-0.2, -0.15) is 13.2 Å². The molecule has 0 unspecified atom stereocenters. The normalized spacial score (nSPS) is 13.8. The van der Waals surface area contributed by atoms with Crippen molar-refractivity contribution in [1.82, 2.24) is 0 Å². The van der Waals surface area contributed by atoms with E-state index in [9.17, 15) is 13.2 Å². The molecular formula is C62H43F3N2O. The van der Waals surface area contributed by atoms with Crippen molar-refractivity contribution >= 4 is 77.6 Å². The Morgan fingerprint density at radius 2 is 1.03 bits per heavy atom.